The first-order chi connectivity index (χ1) is 8.99. The van der Waals surface area contributed by atoms with Gasteiger partial charge in [-0.1, -0.05) is 38.1 Å². The van der Waals surface area contributed by atoms with Gasteiger partial charge in [-0.3, -0.25) is 4.79 Å². The highest BCUT2D eigenvalue weighted by Gasteiger charge is 2.08. The van der Waals surface area contributed by atoms with E-state index >= 15 is 0 Å². The largest absolute Gasteiger partial charge is 0.481 e. The zero-order valence-corrected chi connectivity index (χ0v) is 11.6. The van der Waals surface area contributed by atoms with Gasteiger partial charge in [0.25, 0.3) is 0 Å². The molecule has 4 nitrogen and oxygen atoms in total. The van der Waals surface area contributed by atoms with Crippen LogP contribution in [0.25, 0.3) is 0 Å². The van der Waals surface area contributed by atoms with Gasteiger partial charge in [-0.2, -0.15) is 0 Å². The predicted octanol–water partition coefficient (Wildman–Crippen LogP) is 1.81. The van der Waals surface area contributed by atoms with Crippen molar-refractivity contribution < 1.29 is 15.0 Å². The third kappa shape index (κ3) is 6.36. The lowest BCUT2D eigenvalue weighted by Crippen LogP contribution is -2.27. The van der Waals surface area contributed by atoms with Gasteiger partial charge in [0.05, 0.1) is 12.5 Å². The molecule has 0 saturated carbocycles. The molecular weight excluding hydrogens is 242 g/mol. The van der Waals surface area contributed by atoms with Gasteiger partial charge in [0.2, 0.25) is 0 Å². The molecule has 1 atom stereocenters. The standard InChI is InChI=1S/C15H23NO3/c1-11(2)7-14(17)10-16-9-13-6-4-3-5-12(13)8-15(18)19/h3-6,11,14,16-17H,7-10H2,1-2H3,(H,18,19). The van der Waals surface area contributed by atoms with E-state index in [4.69, 9.17) is 5.11 Å². The van der Waals surface area contributed by atoms with Crippen LogP contribution in [0.15, 0.2) is 24.3 Å². The quantitative estimate of drug-likeness (QED) is 0.670. The lowest BCUT2D eigenvalue weighted by atomic mass is 10.0. The Morgan fingerprint density at radius 3 is 2.47 bits per heavy atom. The second-order valence-electron chi connectivity index (χ2n) is 5.25. The topological polar surface area (TPSA) is 69.6 Å². The van der Waals surface area contributed by atoms with Crippen molar-refractivity contribution in [2.45, 2.75) is 39.3 Å². The van der Waals surface area contributed by atoms with Crippen LogP contribution in [0, 0.1) is 5.92 Å². The maximum Gasteiger partial charge on any atom is 0.307 e. The molecule has 0 aliphatic carbocycles. The van der Waals surface area contributed by atoms with Crippen molar-refractivity contribution in [3.05, 3.63) is 35.4 Å². The Morgan fingerprint density at radius 2 is 1.89 bits per heavy atom. The summed E-state index contributed by atoms with van der Waals surface area (Å²) < 4.78 is 0. The molecule has 1 aromatic carbocycles. The minimum Gasteiger partial charge on any atom is -0.481 e. The number of nitrogens with one attached hydrogen (secondary N) is 1. The summed E-state index contributed by atoms with van der Waals surface area (Å²) in [6.07, 6.45) is 0.447. The molecule has 0 radical (unpaired) electrons. The summed E-state index contributed by atoms with van der Waals surface area (Å²) in [5.41, 5.74) is 1.79. The molecule has 0 aromatic heterocycles. The SMILES string of the molecule is CC(C)CC(O)CNCc1ccccc1CC(=O)O. The molecule has 4 heteroatoms. The highest BCUT2D eigenvalue weighted by Crippen LogP contribution is 2.10. The summed E-state index contributed by atoms with van der Waals surface area (Å²) in [7, 11) is 0. The maximum atomic E-state index is 10.8. The van der Waals surface area contributed by atoms with E-state index in [-0.39, 0.29) is 12.5 Å². The number of aliphatic hydroxyl groups excluding tert-OH is 1. The zero-order chi connectivity index (χ0) is 14.3. The van der Waals surface area contributed by atoms with Crippen molar-refractivity contribution >= 4 is 5.97 Å². The first-order valence-electron chi connectivity index (χ1n) is 6.66. The second kappa shape index (κ2) is 7.92. The fraction of sp³-hybridized carbons (Fsp3) is 0.533. The lowest BCUT2D eigenvalue weighted by molar-refractivity contribution is -0.136. The molecule has 1 unspecified atom stereocenters. The molecule has 19 heavy (non-hydrogen) atoms. The van der Waals surface area contributed by atoms with Crippen molar-refractivity contribution in [1.29, 1.82) is 0 Å². The van der Waals surface area contributed by atoms with Crippen LogP contribution in [0.1, 0.15) is 31.4 Å². The molecule has 0 aliphatic heterocycles. The van der Waals surface area contributed by atoms with E-state index in [0.717, 1.165) is 17.5 Å². The summed E-state index contributed by atoms with van der Waals surface area (Å²) >= 11 is 0. The molecule has 0 saturated heterocycles. The average Bonchev–Trinajstić information content (AvgIpc) is 2.29. The van der Waals surface area contributed by atoms with Crippen LogP contribution in [0.3, 0.4) is 0 Å². The first kappa shape index (κ1) is 15.7. The van der Waals surface area contributed by atoms with Crippen molar-refractivity contribution in [3.63, 3.8) is 0 Å². The maximum absolute atomic E-state index is 10.8. The first-order valence-corrected chi connectivity index (χ1v) is 6.66. The van der Waals surface area contributed by atoms with Gasteiger partial charge < -0.3 is 15.5 Å². The average molecular weight is 265 g/mol. The van der Waals surface area contributed by atoms with E-state index in [0.29, 0.717) is 19.0 Å². The Morgan fingerprint density at radius 1 is 1.26 bits per heavy atom. The van der Waals surface area contributed by atoms with Crippen LogP contribution >= 0.6 is 0 Å². The van der Waals surface area contributed by atoms with Gasteiger partial charge >= 0.3 is 5.97 Å². The van der Waals surface area contributed by atoms with Crippen LogP contribution in [0.2, 0.25) is 0 Å². The fourth-order valence-corrected chi connectivity index (χ4v) is 2.07. The molecule has 0 aliphatic rings. The van der Waals surface area contributed by atoms with Gasteiger partial charge in [0.15, 0.2) is 0 Å². The Labute approximate surface area is 114 Å². The molecule has 106 valence electrons. The number of hydrogen-bond acceptors (Lipinski definition) is 3. The molecule has 0 spiro atoms. The summed E-state index contributed by atoms with van der Waals surface area (Å²) in [6, 6.07) is 7.48. The molecule has 0 amide bonds. The summed E-state index contributed by atoms with van der Waals surface area (Å²) in [5, 5.41) is 21.8. The van der Waals surface area contributed by atoms with Crippen LogP contribution in [-0.2, 0) is 17.8 Å². The lowest BCUT2D eigenvalue weighted by Gasteiger charge is -2.15. The molecule has 0 bridgehead atoms. The van der Waals surface area contributed by atoms with Crippen molar-refractivity contribution in [1.82, 2.24) is 5.32 Å². The van der Waals surface area contributed by atoms with Gasteiger partial charge in [0.1, 0.15) is 0 Å². The van der Waals surface area contributed by atoms with Gasteiger partial charge in [-0.05, 0) is 23.5 Å². The second-order valence-corrected chi connectivity index (χ2v) is 5.25. The number of carbonyl (C=O) groups is 1. The Kier molecular flexibility index (Phi) is 6.53. The van der Waals surface area contributed by atoms with Crippen LogP contribution in [0.5, 0.6) is 0 Å². The Balaban J connectivity index is 2.46. The third-order valence-electron chi connectivity index (χ3n) is 2.90. The van der Waals surface area contributed by atoms with Crippen molar-refractivity contribution in [2.75, 3.05) is 6.54 Å². The monoisotopic (exact) mass is 265 g/mol. The number of rotatable bonds is 8. The molecule has 0 fully saturated rings. The minimum atomic E-state index is -0.827. The number of hydrogen-bond donors (Lipinski definition) is 3. The predicted molar refractivity (Wildman–Crippen MR) is 75.0 cm³/mol. The van der Waals surface area contributed by atoms with Crippen LogP contribution < -0.4 is 5.32 Å². The highest BCUT2D eigenvalue weighted by atomic mass is 16.4. The summed E-state index contributed by atoms with van der Waals surface area (Å²) in [6.45, 7) is 5.26. The van der Waals surface area contributed by atoms with Crippen molar-refractivity contribution in [2.24, 2.45) is 5.92 Å². The Hall–Kier alpha value is -1.39. The number of carboxylic acids is 1. The minimum absolute atomic E-state index is 0.0341. The Bertz CT molecular complexity index is 404. The summed E-state index contributed by atoms with van der Waals surface area (Å²) in [4.78, 5) is 10.8. The molecule has 3 N–H and O–H groups in total. The van der Waals surface area contributed by atoms with Gasteiger partial charge in [0, 0.05) is 13.1 Å². The molecule has 1 rings (SSSR count). The van der Waals surface area contributed by atoms with Gasteiger partial charge in [-0.25, -0.2) is 0 Å². The van der Waals surface area contributed by atoms with E-state index in [2.05, 4.69) is 19.2 Å². The molecular formula is C15H23NO3. The number of carboxylic acid groups (broad SMARTS) is 1. The van der Waals surface area contributed by atoms with Crippen LogP contribution in [-0.4, -0.2) is 28.8 Å². The fourth-order valence-electron chi connectivity index (χ4n) is 2.07. The van der Waals surface area contributed by atoms with E-state index in [9.17, 15) is 9.90 Å². The molecule has 0 heterocycles. The normalized spacial score (nSPS) is 12.6. The number of aliphatic hydroxyl groups is 1. The van der Waals surface area contributed by atoms with E-state index in [1.807, 2.05) is 24.3 Å². The summed E-state index contributed by atoms with van der Waals surface area (Å²) in [5.74, 6) is -0.358. The highest BCUT2D eigenvalue weighted by molar-refractivity contribution is 5.70. The smallest absolute Gasteiger partial charge is 0.307 e. The number of benzene rings is 1. The van der Waals surface area contributed by atoms with Crippen LogP contribution in [0.4, 0.5) is 0 Å². The number of aliphatic carboxylic acids is 1. The van der Waals surface area contributed by atoms with E-state index in [1.54, 1.807) is 0 Å². The van der Waals surface area contributed by atoms with E-state index < -0.39 is 5.97 Å². The molecule has 1 aromatic rings. The van der Waals surface area contributed by atoms with E-state index in [1.165, 1.54) is 0 Å². The third-order valence-corrected chi connectivity index (χ3v) is 2.90. The van der Waals surface area contributed by atoms with Crippen molar-refractivity contribution in [3.8, 4) is 0 Å². The van der Waals surface area contributed by atoms with Gasteiger partial charge in [-0.15, -0.1) is 0 Å². The zero-order valence-electron chi connectivity index (χ0n) is 11.6.